The van der Waals surface area contributed by atoms with Gasteiger partial charge in [-0.15, -0.1) is 11.3 Å². The van der Waals surface area contributed by atoms with E-state index in [0.717, 1.165) is 11.3 Å². The number of carboxylic acid groups (broad SMARTS) is 1. The van der Waals surface area contributed by atoms with E-state index in [9.17, 15) is 13.2 Å². The Morgan fingerprint density at radius 3 is 2.80 bits per heavy atom. The number of hydrogen-bond acceptors (Lipinski definition) is 5. The van der Waals surface area contributed by atoms with Crippen molar-refractivity contribution in [2.75, 3.05) is 7.11 Å². The van der Waals surface area contributed by atoms with Crippen molar-refractivity contribution < 1.29 is 23.2 Å². The van der Waals surface area contributed by atoms with Gasteiger partial charge in [0.25, 0.3) is 10.0 Å². The molecule has 0 aromatic carbocycles. The zero-order chi connectivity index (χ0) is 11.5. The predicted octanol–water partition coefficient (Wildman–Crippen LogP) is 0.215. The Bertz CT molecular complexity index is 450. The van der Waals surface area contributed by atoms with E-state index in [0.29, 0.717) is 4.88 Å². The predicted molar refractivity (Wildman–Crippen MR) is 53.0 cm³/mol. The van der Waals surface area contributed by atoms with Gasteiger partial charge in [-0.25, -0.2) is 8.42 Å². The molecule has 1 rings (SSSR count). The standard InChI is InChI=1S/C7H9NO5S2/c1-13-8-15(11,12)7-3-2-5(14-7)4-6(9)10/h2-3,8H,4H2,1H3,(H,9,10). The number of sulfonamides is 1. The summed E-state index contributed by atoms with van der Waals surface area (Å²) in [4.78, 5) is 17.0. The van der Waals surface area contributed by atoms with Crippen LogP contribution in [0.1, 0.15) is 4.88 Å². The number of hydrogen-bond donors (Lipinski definition) is 2. The molecule has 2 N–H and O–H groups in total. The molecular formula is C7H9NO5S2. The maximum Gasteiger partial charge on any atom is 0.308 e. The van der Waals surface area contributed by atoms with Crippen LogP contribution in [0.5, 0.6) is 0 Å². The average molecular weight is 251 g/mol. The zero-order valence-corrected chi connectivity index (χ0v) is 9.39. The van der Waals surface area contributed by atoms with Crippen LogP contribution in [0.4, 0.5) is 0 Å². The monoisotopic (exact) mass is 251 g/mol. The molecule has 0 unspecified atom stereocenters. The average Bonchev–Trinajstić information content (AvgIpc) is 2.51. The van der Waals surface area contributed by atoms with Gasteiger partial charge in [0.15, 0.2) is 0 Å². The van der Waals surface area contributed by atoms with E-state index in [1.54, 1.807) is 0 Å². The summed E-state index contributed by atoms with van der Waals surface area (Å²) in [5.41, 5.74) is 0. The highest BCUT2D eigenvalue weighted by Gasteiger charge is 2.17. The smallest absolute Gasteiger partial charge is 0.308 e. The van der Waals surface area contributed by atoms with E-state index in [1.165, 1.54) is 19.2 Å². The fourth-order valence-corrected chi connectivity index (χ4v) is 3.03. The molecule has 6 nitrogen and oxygen atoms in total. The van der Waals surface area contributed by atoms with Crippen molar-refractivity contribution in [3.63, 3.8) is 0 Å². The van der Waals surface area contributed by atoms with Gasteiger partial charge in [-0.2, -0.15) is 0 Å². The van der Waals surface area contributed by atoms with Crippen molar-refractivity contribution in [3.8, 4) is 0 Å². The molecule has 84 valence electrons. The molecule has 0 aliphatic rings. The normalized spacial score (nSPS) is 11.5. The first-order chi connectivity index (χ1) is 6.95. The number of carbonyl (C=O) groups is 1. The molecule has 0 spiro atoms. The quantitative estimate of drug-likeness (QED) is 0.730. The van der Waals surface area contributed by atoms with Crippen LogP contribution in [-0.2, 0) is 26.1 Å². The summed E-state index contributed by atoms with van der Waals surface area (Å²) in [7, 11) is -2.49. The molecule has 0 fully saturated rings. The number of thiophene rings is 1. The van der Waals surface area contributed by atoms with Gasteiger partial charge in [-0.05, 0) is 12.1 Å². The Kier molecular flexibility index (Phi) is 3.80. The SMILES string of the molecule is CONS(=O)(=O)c1ccc(CC(=O)O)s1. The molecule has 1 aromatic rings. The third-order valence-electron chi connectivity index (χ3n) is 1.42. The molecule has 1 heterocycles. The summed E-state index contributed by atoms with van der Waals surface area (Å²) in [6, 6.07) is 2.80. The fraction of sp³-hybridized carbons (Fsp3) is 0.286. The summed E-state index contributed by atoms with van der Waals surface area (Å²) in [6.45, 7) is 0. The fourth-order valence-electron chi connectivity index (χ4n) is 0.897. The van der Waals surface area contributed by atoms with Gasteiger partial charge < -0.3 is 5.11 Å². The summed E-state index contributed by atoms with van der Waals surface area (Å²) in [6.07, 6.45) is -0.187. The Hall–Kier alpha value is -0.960. The van der Waals surface area contributed by atoms with Crippen LogP contribution in [-0.4, -0.2) is 26.6 Å². The lowest BCUT2D eigenvalue weighted by atomic mass is 10.3. The molecule has 0 amide bonds. The highest BCUT2D eigenvalue weighted by Crippen LogP contribution is 2.21. The van der Waals surface area contributed by atoms with Crippen LogP contribution < -0.4 is 4.89 Å². The molecule has 8 heteroatoms. The van der Waals surface area contributed by atoms with Gasteiger partial charge in [0.05, 0.1) is 13.5 Å². The molecule has 0 aliphatic carbocycles. The van der Waals surface area contributed by atoms with E-state index in [-0.39, 0.29) is 10.6 Å². The first-order valence-corrected chi connectivity index (χ1v) is 6.11. The maximum atomic E-state index is 11.4. The molecule has 0 bridgehead atoms. The van der Waals surface area contributed by atoms with Gasteiger partial charge in [-0.3, -0.25) is 9.63 Å². The first-order valence-electron chi connectivity index (χ1n) is 3.81. The van der Waals surface area contributed by atoms with Gasteiger partial charge in [0.1, 0.15) is 4.21 Å². The lowest BCUT2D eigenvalue weighted by Crippen LogP contribution is -2.21. The molecule has 0 radical (unpaired) electrons. The lowest BCUT2D eigenvalue weighted by Gasteiger charge is -1.99. The van der Waals surface area contributed by atoms with Crippen LogP contribution in [0.15, 0.2) is 16.3 Å². The number of rotatable bonds is 5. The van der Waals surface area contributed by atoms with Gasteiger partial charge in [0, 0.05) is 4.88 Å². The maximum absolute atomic E-state index is 11.4. The highest BCUT2D eigenvalue weighted by atomic mass is 32.2. The summed E-state index contributed by atoms with van der Waals surface area (Å²) >= 11 is 0.897. The number of aliphatic carboxylic acids is 1. The van der Waals surface area contributed by atoms with Crippen LogP contribution in [0, 0.1) is 0 Å². The summed E-state index contributed by atoms with van der Waals surface area (Å²) in [5, 5.41) is 8.50. The van der Waals surface area contributed by atoms with E-state index >= 15 is 0 Å². The second-order valence-corrected chi connectivity index (χ2v) is 5.62. The lowest BCUT2D eigenvalue weighted by molar-refractivity contribution is -0.136. The minimum absolute atomic E-state index is 0.0283. The van der Waals surface area contributed by atoms with E-state index in [1.807, 2.05) is 4.89 Å². The van der Waals surface area contributed by atoms with Crippen molar-refractivity contribution in [1.29, 1.82) is 0 Å². The van der Waals surface area contributed by atoms with Crippen LogP contribution >= 0.6 is 11.3 Å². The molecule has 0 atom stereocenters. The summed E-state index contributed by atoms with van der Waals surface area (Å²) < 4.78 is 22.7. The largest absolute Gasteiger partial charge is 0.481 e. The number of carboxylic acids is 1. The Morgan fingerprint density at radius 2 is 2.27 bits per heavy atom. The minimum Gasteiger partial charge on any atom is -0.481 e. The van der Waals surface area contributed by atoms with E-state index < -0.39 is 16.0 Å². The molecule has 0 aliphatic heterocycles. The van der Waals surface area contributed by atoms with Gasteiger partial charge in [-0.1, -0.05) is 4.89 Å². The van der Waals surface area contributed by atoms with Crippen LogP contribution in [0.25, 0.3) is 0 Å². The van der Waals surface area contributed by atoms with Crippen molar-refractivity contribution in [3.05, 3.63) is 17.0 Å². The van der Waals surface area contributed by atoms with Crippen LogP contribution in [0.3, 0.4) is 0 Å². The van der Waals surface area contributed by atoms with E-state index in [2.05, 4.69) is 4.84 Å². The van der Waals surface area contributed by atoms with Crippen molar-refractivity contribution in [1.82, 2.24) is 4.89 Å². The second-order valence-electron chi connectivity index (χ2n) is 2.58. The molecule has 0 saturated heterocycles. The topological polar surface area (TPSA) is 92.7 Å². The second kappa shape index (κ2) is 4.71. The zero-order valence-electron chi connectivity index (χ0n) is 7.76. The van der Waals surface area contributed by atoms with E-state index in [4.69, 9.17) is 5.11 Å². The van der Waals surface area contributed by atoms with Gasteiger partial charge >= 0.3 is 5.97 Å². The van der Waals surface area contributed by atoms with Crippen molar-refractivity contribution >= 4 is 27.3 Å². The molecule has 0 saturated carbocycles. The first kappa shape index (κ1) is 12.1. The Balaban J connectivity index is 2.89. The molecule has 15 heavy (non-hydrogen) atoms. The molecule has 1 aromatic heterocycles. The minimum atomic E-state index is -3.67. The highest BCUT2D eigenvalue weighted by molar-refractivity contribution is 7.91. The van der Waals surface area contributed by atoms with Crippen molar-refractivity contribution in [2.24, 2.45) is 0 Å². The van der Waals surface area contributed by atoms with Gasteiger partial charge in [0.2, 0.25) is 0 Å². The third-order valence-corrected chi connectivity index (χ3v) is 4.26. The molecular weight excluding hydrogens is 242 g/mol. The van der Waals surface area contributed by atoms with Crippen molar-refractivity contribution in [2.45, 2.75) is 10.6 Å². The Labute approximate surface area is 90.5 Å². The number of nitrogens with one attached hydrogen (secondary N) is 1. The van der Waals surface area contributed by atoms with Crippen LogP contribution in [0.2, 0.25) is 0 Å². The summed E-state index contributed by atoms with van der Waals surface area (Å²) in [5.74, 6) is -1.000. The third kappa shape index (κ3) is 3.27. The Morgan fingerprint density at radius 1 is 1.60 bits per heavy atom.